The Morgan fingerprint density at radius 2 is 1.97 bits per heavy atom. The summed E-state index contributed by atoms with van der Waals surface area (Å²) in [6.45, 7) is 4.79. The Kier molecular flexibility index (Phi) is 6.40. The first kappa shape index (κ1) is 22.3. The van der Waals surface area contributed by atoms with Crippen LogP contribution in [0, 0.1) is 10.7 Å². The Morgan fingerprint density at radius 1 is 1.23 bits per heavy atom. The third-order valence-corrected chi connectivity index (χ3v) is 8.40. The van der Waals surface area contributed by atoms with Crippen LogP contribution in [-0.4, -0.2) is 42.9 Å². The van der Waals surface area contributed by atoms with Crippen LogP contribution in [0.4, 0.5) is 0 Å². The number of piperidine rings is 1. The average molecular weight is 479 g/mol. The SMILES string of the molecule is C=C[C@H]1CN(Cc2ccccn2)C(=O)[C@@H]2CCC[C@H]1N2[S@@](=N)(=O)c1cc(Cl)cc(Cl)c1. The van der Waals surface area contributed by atoms with Gasteiger partial charge in [0.25, 0.3) is 0 Å². The number of amides is 1. The summed E-state index contributed by atoms with van der Waals surface area (Å²) >= 11 is 12.3. The number of aromatic nitrogens is 1. The summed E-state index contributed by atoms with van der Waals surface area (Å²) in [5.74, 6) is -0.258. The molecule has 3 heterocycles. The van der Waals surface area contributed by atoms with Crippen LogP contribution in [0.3, 0.4) is 0 Å². The first-order valence-electron chi connectivity index (χ1n) is 10.2. The molecular weight excluding hydrogens is 455 g/mol. The summed E-state index contributed by atoms with van der Waals surface area (Å²) in [5, 5.41) is 0.622. The number of fused-ring (bicyclic) bond motifs is 2. The zero-order valence-electron chi connectivity index (χ0n) is 16.9. The van der Waals surface area contributed by atoms with Gasteiger partial charge in [-0.25, -0.2) is 8.99 Å². The number of rotatable bonds is 5. The Balaban J connectivity index is 1.76. The van der Waals surface area contributed by atoms with E-state index in [1.165, 1.54) is 18.2 Å². The van der Waals surface area contributed by atoms with Crippen molar-refractivity contribution in [1.82, 2.24) is 14.2 Å². The van der Waals surface area contributed by atoms with E-state index >= 15 is 0 Å². The molecule has 2 fully saturated rings. The maximum absolute atomic E-state index is 13.9. The number of hydrogen-bond acceptors (Lipinski definition) is 4. The molecule has 2 aliphatic heterocycles. The maximum atomic E-state index is 13.9. The fourth-order valence-electron chi connectivity index (χ4n) is 4.56. The van der Waals surface area contributed by atoms with E-state index in [0.29, 0.717) is 29.6 Å². The molecule has 6 nitrogen and oxygen atoms in total. The van der Waals surface area contributed by atoms with Crippen molar-refractivity contribution >= 4 is 39.0 Å². The second-order valence-electron chi connectivity index (χ2n) is 7.94. The molecule has 0 aliphatic carbocycles. The van der Waals surface area contributed by atoms with Gasteiger partial charge in [0.05, 0.1) is 17.1 Å². The van der Waals surface area contributed by atoms with Crippen LogP contribution in [0.2, 0.25) is 10.0 Å². The zero-order chi connectivity index (χ0) is 22.2. The van der Waals surface area contributed by atoms with E-state index in [-0.39, 0.29) is 22.8 Å². The molecule has 164 valence electrons. The van der Waals surface area contributed by atoms with Crippen molar-refractivity contribution in [2.75, 3.05) is 6.54 Å². The molecule has 4 rings (SSSR count). The molecule has 4 atom stereocenters. The maximum Gasteiger partial charge on any atom is 0.241 e. The summed E-state index contributed by atoms with van der Waals surface area (Å²) < 4.78 is 24.5. The van der Waals surface area contributed by atoms with Crippen LogP contribution < -0.4 is 0 Å². The van der Waals surface area contributed by atoms with Crippen LogP contribution in [0.25, 0.3) is 0 Å². The van der Waals surface area contributed by atoms with Crippen molar-refractivity contribution in [2.45, 2.75) is 42.8 Å². The number of nitrogens with zero attached hydrogens (tertiary/aromatic N) is 3. The predicted octanol–water partition coefficient (Wildman–Crippen LogP) is 4.78. The Labute approximate surface area is 193 Å². The molecule has 2 saturated heterocycles. The number of carbonyl (C=O) groups is 1. The number of hydrogen-bond donors (Lipinski definition) is 1. The van der Waals surface area contributed by atoms with Gasteiger partial charge < -0.3 is 4.90 Å². The standard InChI is InChI=1S/C22H24Cl2N4O2S/c1-2-15-13-27(14-18-6-3-4-9-26-18)22(29)21-8-5-7-20(15)28(21)31(25,30)19-11-16(23)10-17(24)12-19/h2-4,6,9-12,15,20-21,25H,1,5,7-8,13-14H2/t15-,20+,21-,31+/m0/s1. The van der Waals surface area contributed by atoms with Crippen LogP contribution >= 0.6 is 23.2 Å². The monoisotopic (exact) mass is 478 g/mol. The molecule has 0 saturated carbocycles. The van der Waals surface area contributed by atoms with Gasteiger partial charge in [0, 0.05) is 34.7 Å². The van der Waals surface area contributed by atoms with Crippen molar-refractivity contribution in [3.8, 4) is 0 Å². The Bertz CT molecular complexity index is 1070. The number of benzene rings is 1. The smallest absolute Gasteiger partial charge is 0.241 e. The molecule has 0 spiro atoms. The molecule has 0 radical (unpaired) electrons. The number of nitrogens with one attached hydrogen (secondary N) is 1. The summed E-state index contributed by atoms with van der Waals surface area (Å²) in [4.78, 5) is 19.9. The Morgan fingerprint density at radius 3 is 2.61 bits per heavy atom. The third kappa shape index (κ3) is 4.37. The molecule has 0 unspecified atom stereocenters. The van der Waals surface area contributed by atoms with Gasteiger partial charge in [0.15, 0.2) is 0 Å². The normalized spacial score (nSPS) is 26.2. The first-order chi connectivity index (χ1) is 14.8. The number of halogens is 2. The van der Waals surface area contributed by atoms with Crippen molar-refractivity contribution in [3.05, 3.63) is 71.0 Å². The average Bonchev–Trinajstić information content (AvgIpc) is 2.81. The second-order valence-corrected chi connectivity index (χ2v) is 10.8. The number of carbonyl (C=O) groups excluding carboxylic acids is 1. The highest BCUT2D eigenvalue weighted by atomic mass is 35.5. The highest BCUT2D eigenvalue weighted by molar-refractivity contribution is 7.90. The molecule has 31 heavy (non-hydrogen) atoms. The molecule has 2 aliphatic rings. The molecule has 2 aromatic rings. The van der Waals surface area contributed by atoms with E-state index in [9.17, 15) is 9.00 Å². The number of pyridine rings is 1. The fourth-order valence-corrected chi connectivity index (χ4v) is 7.23. The van der Waals surface area contributed by atoms with E-state index < -0.39 is 16.0 Å². The summed E-state index contributed by atoms with van der Waals surface area (Å²) in [6, 6.07) is 9.25. The topological polar surface area (TPSA) is 77.4 Å². The van der Waals surface area contributed by atoms with Gasteiger partial charge in [0.2, 0.25) is 5.91 Å². The molecule has 1 aromatic carbocycles. The van der Waals surface area contributed by atoms with Crippen molar-refractivity contribution in [1.29, 1.82) is 4.78 Å². The van der Waals surface area contributed by atoms with Gasteiger partial charge in [-0.15, -0.1) is 6.58 Å². The molecule has 2 bridgehead atoms. The fraction of sp³-hybridized carbons (Fsp3) is 0.364. The van der Waals surface area contributed by atoms with E-state index in [2.05, 4.69) is 11.6 Å². The minimum Gasteiger partial charge on any atom is -0.335 e. The summed E-state index contributed by atoms with van der Waals surface area (Å²) in [5.41, 5.74) is 0.787. The third-order valence-electron chi connectivity index (χ3n) is 5.97. The van der Waals surface area contributed by atoms with Gasteiger partial charge >= 0.3 is 0 Å². The van der Waals surface area contributed by atoms with E-state index in [0.717, 1.165) is 18.5 Å². The summed E-state index contributed by atoms with van der Waals surface area (Å²) in [7, 11) is -3.51. The van der Waals surface area contributed by atoms with E-state index in [1.807, 2.05) is 24.3 Å². The van der Waals surface area contributed by atoms with Gasteiger partial charge in [-0.1, -0.05) is 35.3 Å². The van der Waals surface area contributed by atoms with Gasteiger partial charge in [0.1, 0.15) is 16.0 Å². The predicted molar refractivity (Wildman–Crippen MR) is 122 cm³/mol. The van der Waals surface area contributed by atoms with Crippen LogP contribution in [-0.2, 0) is 21.3 Å². The Hall–Kier alpha value is -1.93. The first-order valence-corrected chi connectivity index (χ1v) is 12.4. The van der Waals surface area contributed by atoms with Crippen LogP contribution in [0.15, 0.2) is 60.1 Å². The lowest BCUT2D eigenvalue weighted by atomic mass is 9.90. The van der Waals surface area contributed by atoms with Gasteiger partial charge in [-0.05, 0) is 49.6 Å². The van der Waals surface area contributed by atoms with Crippen molar-refractivity contribution in [2.24, 2.45) is 5.92 Å². The lowest BCUT2D eigenvalue weighted by Gasteiger charge is -2.41. The largest absolute Gasteiger partial charge is 0.335 e. The highest BCUT2D eigenvalue weighted by Crippen LogP contribution is 2.39. The lowest BCUT2D eigenvalue weighted by Crippen LogP contribution is -2.54. The minimum atomic E-state index is -3.51. The lowest BCUT2D eigenvalue weighted by molar-refractivity contribution is -0.135. The molecule has 9 heteroatoms. The minimum absolute atomic E-state index is 0.126. The zero-order valence-corrected chi connectivity index (χ0v) is 19.2. The molecule has 1 amide bonds. The second kappa shape index (κ2) is 8.90. The van der Waals surface area contributed by atoms with Gasteiger partial charge in [-0.2, -0.15) is 4.31 Å². The van der Waals surface area contributed by atoms with Crippen LogP contribution in [0.1, 0.15) is 25.0 Å². The molecule has 1 aromatic heterocycles. The molecule has 1 N–H and O–H groups in total. The van der Waals surface area contributed by atoms with Gasteiger partial charge in [-0.3, -0.25) is 9.78 Å². The van der Waals surface area contributed by atoms with E-state index in [1.54, 1.807) is 15.4 Å². The summed E-state index contributed by atoms with van der Waals surface area (Å²) in [6.07, 6.45) is 5.62. The highest BCUT2D eigenvalue weighted by Gasteiger charge is 2.48. The quantitative estimate of drug-likeness (QED) is 0.628. The van der Waals surface area contributed by atoms with Crippen molar-refractivity contribution in [3.63, 3.8) is 0 Å². The van der Waals surface area contributed by atoms with E-state index in [4.69, 9.17) is 28.0 Å². The van der Waals surface area contributed by atoms with Crippen molar-refractivity contribution < 1.29 is 9.00 Å². The van der Waals surface area contributed by atoms with Crippen LogP contribution in [0.5, 0.6) is 0 Å². The molecular formula is C22H24Cl2N4O2S.